The number of hydrogen-bond donors (Lipinski definition) is 1. The number of alkyl halides is 3. The first-order valence-corrected chi connectivity index (χ1v) is 7.16. The highest BCUT2D eigenvalue weighted by Crippen LogP contribution is 2.33. The van der Waals surface area contributed by atoms with Crippen LogP contribution in [0.25, 0.3) is 0 Å². The number of rotatable bonds is 2. The lowest BCUT2D eigenvalue weighted by Crippen LogP contribution is -2.43. The summed E-state index contributed by atoms with van der Waals surface area (Å²) in [5, 5.41) is 2.83. The number of carbonyl (C=O) groups excluding carboxylic acids is 1. The molecule has 2 heterocycles. The van der Waals surface area contributed by atoms with E-state index in [4.69, 9.17) is 11.6 Å². The molecule has 1 aliphatic rings. The zero-order chi connectivity index (χ0) is 16.7. The first-order valence-electron chi connectivity index (χ1n) is 6.78. The zero-order valence-electron chi connectivity index (χ0n) is 12.5. The monoisotopic (exact) mass is 335 g/mol. The molecule has 1 atom stereocenters. The summed E-state index contributed by atoms with van der Waals surface area (Å²) in [4.78, 5) is 17.4. The molecule has 2 rings (SSSR count). The molecule has 1 N–H and O–H groups in total. The van der Waals surface area contributed by atoms with E-state index in [1.165, 1.54) is 0 Å². The summed E-state index contributed by atoms with van der Waals surface area (Å²) >= 11 is 5.85. The predicted molar refractivity (Wildman–Crippen MR) is 77.7 cm³/mol. The normalized spacial score (nSPS) is 19.7. The maximum atomic E-state index is 12.6. The van der Waals surface area contributed by atoms with Gasteiger partial charge in [0.15, 0.2) is 0 Å². The molecule has 0 aliphatic carbocycles. The third-order valence-electron chi connectivity index (χ3n) is 3.44. The van der Waals surface area contributed by atoms with Crippen LogP contribution in [0.1, 0.15) is 32.8 Å². The van der Waals surface area contributed by atoms with Gasteiger partial charge in [0.25, 0.3) is 0 Å². The van der Waals surface area contributed by atoms with Crippen molar-refractivity contribution in [3.63, 3.8) is 0 Å². The maximum Gasteiger partial charge on any atom is 0.417 e. The highest BCUT2D eigenvalue weighted by atomic mass is 35.5. The lowest BCUT2D eigenvalue weighted by molar-refractivity contribution is -0.137. The molecule has 1 fully saturated rings. The average Bonchev–Trinajstić information content (AvgIpc) is 2.71. The Bertz CT molecular complexity index is 584. The molecule has 1 unspecified atom stereocenters. The molecule has 122 valence electrons. The van der Waals surface area contributed by atoms with E-state index in [9.17, 15) is 18.0 Å². The van der Waals surface area contributed by atoms with Crippen molar-refractivity contribution in [3.05, 3.63) is 22.8 Å². The second kappa shape index (κ2) is 5.61. The number of pyridine rings is 1. The highest BCUT2D eigenvalue weighted by molar-refractivity contribution is 6.33. The third-order valence-corrected chi connectivity index (χ3v) is 3.73. The standard InChI is InChI=1S/C14H17ClF3N3O/c1-13(2,3)21-7-9(5-11(21)22)20-12-10(15)4-8(6-19-12)14(16,17)18/h4,6,9H,5,7H2,1-3H3,(H,19,20). The van der Waals surface area contributed by atoms with Crippen LogP contribution in [0.5, 0.6) is 0 Å². The van der Waals surface area contributed by atoms with Crippen LogP contribution >= 0.6 is 11.6 Å². The van der Waals surface area contributed by atoms with Crippen LogP contribution in [0.3, 0.4) is 0 Å². The minimum absolute atomic E-state index is 0.00645. The van der Waals surface area contributed by atoms with E-state index in [1.54, 1.807) is 4.90 Å². The van der Waals surface area contributed by atoms with Gasteiger partial charge in [0.2, 0.25) is 5.91 Å². The topological polar surface area (TPSA) is 45.2 Å². The summed E-state index contributed by atoms with van der Waals surface area (Å²) in [5.74, 6) is 0.149. The van der Waals surface area contributed by atoms with Crippen LogP contribution < -0.4 is 5.32 Å². The van der Waals surface area contributed by atoms with Gasteiger partial charge in [-0.15, -0.1) is 0 Å². The fourth-order valence-corrected chi connectivity index (χ4v) is 2.57. The minimum Gasteiger partial charge on any atom is -0.364 e. The van der Waals surface area contributed by atoms with Gasteiger partial charge in [0.05, 0.1) is 16.6 Å². The molecule has 22 heavy (non-hydrogen) atoms. The molecule has 8 heteroatoms. The van der Waals surface area contributed by atoms with Gasteiger partial charge >= 0.3 is 6.18 Å². The number of anilines is 1. The number of carbonyl (C=O) groups is 1. The molecular formula is C14H17ClF3N3O. The molecule has 1 aromatic rings. The van der Waals surface area contributed by atoms with Crippen molar-refractivity contribution in [2.45, 2.75) is 44.9 Å². The Balaban J connectivity index is 2.11. The fraction of sp³-hybridized carbons (Fsp3) is 0.571. The SMILES string of the molecule is CC(C)(C)N1CC(Nc2ncc(C(F)(F)F)cc2Cl)CC1=O. The highest BCUT2D eigenvalue weighted by Gasteiger charge is 2.37. The molecule has 0 radical (unpaired) electrons. The first-order chi connectivity index (χ1) is 9.98. The third kappa shape index (κ3) is 3.63. The van der Waals surface area contributed by atoms with Gasteiger partial charge in [-0.1, -0.05) is 11.6 Å². The molecule has 1 amide bonds. The Hall–Kier alpha value is -1.50. The predicted octanol–water partition coefficient (Wildman–Crippen LogP) is 3.57. The maximum absolute atomic E-state index is 12.6. The van der Waals surface area contributed by atoms with Gasteiger partial charge in [0, 0.05) is 24.7 Å². The zero-order valence-corrected chi connectivity index (χ0v) is 13.2. The second-order valence-corrected chi connectivity index (χ2v) is 6.68. The van der Waals surface area contributed by atoms with Gasteiger partial charge in [-0.2, -0.15) is 13.2 Å². The number of amides is 1. The molecule has 0 spiro atoms. The van der Waals surface area contributed by atoms with E-state index < -0.39 is 11.7 Å². The van der Waals surface area contributed by atoms with Gasteiger partial charge < -0.3 is 10.2 Å². The number of likely N-dealkylation sites (tertiary alicyclic amines) is 1. The molecule has 0 saturated carbocycles. The van der Waals surface area contributed by atoms with Crippen molar-refractivity contribution in [1.29, 1.82) is 0 Å². The van der Waals surface area contributed by atoms with Crippen LogP contribution in [0.15, 0.2) is 12.3 Å². The van der Waals surface area contributed by atoms with Crippen LogP contribution in [-0.4, -0.2) is 33.9 Å². The molecule has 1 aromatic heterocycles. The number of hydrogen-bond acceptors (Lipinski definition) is 3. The van der Waals surface area contributed by atoms with E-state index in [2.05, 4.69) is 10.3 Å². The van der Waals surface area contributed by atoms with E-state index in [-0.39, 0.29) is 34.7 Å². The minimum atomic E-state index is -4.48. The number of halogens is 4. The fourth-order valence-electron chi connectivity index (χ4n) is 2.34. The summed E-state index contributed by atoms with van der Waals surface area (Å²) in [6.45, 7) is 6.24. The van der Waals surface area contributed by atoms with E-state index in [0.717, 1.165) is 12.3 Å². The van der Waals surface area contributed by atoms with Gasteiger partial charge in [-0.05, 0) is 26.8 Å². The smallest absolute Gasteiger partial charge is 0.364 e. The van der Waals surface area contributed by atoms with Gasteiger partial charge in [0.1, 0.15) is 5.82 Å². The Labute approximate surface area is 131 Å². The van der Waals surface area contributed by atoms with Crippen molar-refractivity contribution in [2.75, 3.05) is 11.9 Å². The Kier molecular flexibility index (Phi) is 4.30. The summed E-state index contributed by atoms with van der Waals surface area (Å²) in [6, 6.07) is 0.600. The van der Waals surface area contributed by atoms with Gasteiger partial charge in [-0.3, -0.25) is 4.79 Å². The van der Waals surface area contributed by atoms with Crippen LogP contribution in [0, 0.1) is 0 Å². The van der Waals surface area contributed by atoms with Crippen molar-refractivity contribution < 1.29 is 18.0 Å². The van der Waals surface area contributed by atoms with Crippen LogP contribution in [0.2, 0.25) is 5.02 Å². The van der Waals surface area contributed by atoms with E-state index >= 15 is 0 Å². The van der Waals surface area contributed by atoms with Crippen molar-refractivity contribution >= 4 is 23.3 Å². The molecule has 0 bridgehead atoms. The summed E-state index contributed by atoms with van der Waals surface area (Å²) < 4.78 is 37.7. The van der Waals surface area contributed by atoms with Crippen LogP contribution in [0.4, 0.5) is 19.0 Å². The quantitative estimate of drug-likeness (QED) is 0.898. The van der Waals surface area contributed by atoms with Gasteiger partial charge in [-0.25, -0.2) is 4.98 Å². The van der Waals surface area contributed by atoms with Crippen LogP contribution in [-0.2, 0) is 11.0 Å². The van der Waals surface area contributed by atoms with Crippen molar-refractivity contribution in [2.24, 2.45) is 0 Å². The lowest BCUT2D eigenvalue weighted by Gasteiger charge is -2.32. The van der Waals surface area contributed by atoms with Crippen molar-refractivity contribution in [3.8, 4) is 0 Å². The number of nitrogens with zero attached hydrogens (tertiary/aromatic N) is 2. The largest absolute Gasteiger partial charge is 0.417 e. The molecule has 4 nitrogen and oxygen atoms in total. The number of aromatic nitrogens is 1. The molecular weight excluding hydrogens is 319 g/mol. The lowest BCUT2D eigenvalue weighted by atomic mass is 10.1. The molecule has 0 aromatic carbocycles. The summed E-state index contributed by atoms with van der Waals surface area (Å²) in [7, 11) is 0. The second-order valence-electron chi connectivity index (χ2n) is 6.27. The molecule has 1 saturated heterocycles. The average molecular weight is 336 g/mol. The number of nitrogens with one attached hydrogen (secondary N) is 1. The van der Waals surface area contributed by atoms with E-state index in [1.807, 2.05) is 20.8 Å². The van der Waals surface area contributed by atoms with E-state index in [0.29, 0.717) is 6.54 Å². The Morgan fingerprint density at radius 2 is 2.00 bits per heavy atom. The Morgan fingerprint density at radius 1 is 1.36 bits per heavy atom. The Morgan fingerprint density at radius 3 is 2.45 bits per heavy atom. The van der Waals surface area contributed by atoms with Crippen molar-refractivity contribution in [1.82, 2.24) is 9.88 Å². The molecule has 1 aliphatic heterocycles. The first kappa shape index (κ1) is 16.9. The summed E-state index contributed by atoms with van der Waals surface area (Å²) in [5.41, 5.74) is -1.20. The summed E-state index contributed by atoms with van der Waals surface area (Å²) in [6.07, 6.45) is -3.50.